The fraction of sp³-hybridized carbons (Fsp3) is 0.538. The topological polar surface area (TPSA) is 59.2 Å². The highest BCUT2D eigenvalue weighted by Gasteiger charge is 2.21. The lowest BCUT2D eigenvalue weighted by molar-refractivity contribution is 0.0761. The summed E-state index contributed by atoms with van der Waals surface area (Å²) in [4.78, 5) is 18.2. The minimum atomic E-state index is 0. The molecule has 0 bridgehead atoms. The van der Waals surface area contributed by atoms with Crippen molar-refractivity contribution < 1.29 is 4.79 Å². The van der Waals surface area contributed by atoms with Crippen molar-refractivity contribution in [1.29, 1.82) is 0 Å². The van der Waals surface area contributed by atoms with Gasteiger partial charge in [0.05, 0.1) is 5.56 Å². The third-order valence-corrected chi connectivity index (χ3v) is 3.39. The number of hydrogen-bond donors (Lipinski definition) is 1. The molecule has 0 radical (unpaired) electrons. The van der Waals surface area contributed by atoms with Gasteiger partial charge in [-0.2, -0.15) is 0 Å². The van der Waals surface area contributed by atoms with Crippen LogP contribution in [0.3, 0.4) is 0 Å². The highest BCUT2D eigenvalue weighted by molar-refractivity contribution is 5.98. The van der Waals surface area contributed by atoms with Crippen LogP contribution >= 0.6 is 12.4 Å². The molecule has 4 nitrogen and oxygen atoms in total. The van der Waals surface area contributed by atoms with Crippen LogP contribution in [-0.2, 0) is 0 Å². The van der Waals surface area contributed by atoms with Crippen LogP contribution in [0.2, 0.25) is 0 Å². The number of hydrogen-bond acceptors (Lipinski definition) is 3. The molecule has 2 rings (SSSR count). The zero-order valence-electron chi connectivity index (χ0n) is 10.6. The molecule has 0 aliphatic carbocycles. The normalized spacial score (nSPS) is 19.8. The molecule has 1 saturated heterocycles. The van der Waals surface area contributed by atoms with Gasteiger partial charge in [0.1, 0.15) is 0 Å². The fourth-order valence-corrected chi connectivity index (χ4v) is 2.22. The predicted octanol–water partition coefficient (Wildman–Crippen LogP) is 2.35. The number of anilines is 1. The molecular formula is C13H20ClN3O. The molecule has 1 unspecified atom stereocenters. The Balaban J connectivity index is 0.00000162. The number of rotatable bonds is 1. The van der Waals surface area contributed by atoms with Gasteiger partial charge in [0.15, 0.2) is 0 Å². The van der Waals surface area contributed by atoms with E-state index >= 15 is 0 Å². The van der Waals surface area contributed by atoms with Crippen molar-refractivity contribution in [3.63, 3.8) is 0 Å². The van der Waals surface area contributed by atoms with Gasteiger partial charge in [-0.15, -0.1) is 12.4 Å². The average molecular weight is 270 g/mol. The lowest BCUT2D eigenvalue weighted by Crippen LogP contribution is -2.32. The Bertz CT molecular complexity index is 411. The average Bonchev–Trinajstić information content (AvgIpc) is 2.54. The summed E-state index contributed by atoms with van der Waals surface area (Å²) in [5.74, 6) is 0.726. The Morgan fingerprint density at radius 3 is 2.94 bits per heavy atom. The molecule has 1 aromatic heterocycles. The van der Waals surface area contributed by atoms with E-state index in [0.717, 1.165) is 25.9 Å². The number of halogens is 1. The van der Waals surface area contributed by atoms with Gasteiger partial charge in [0.25, 0.3) is 5.91 Å². The van der Waals surface area contributed by atoms with Crippen molar-refractivity contribution >= 4 is 24.0 Å². The summed E-state index contributed by atoms with van der Waals surface area (Å²) in [6, 6.07) is 1.67. The molecule has 0 saturated carbocycles. The summed E-state index contributed by atoms with van der Waals surface area (Å²) in [6.07, 6.45) is 6.52. The van der Waals surface area contributed by atoms with Gasteiger partial charge in [-0.1, -0.05) is 6.92 Å². The maximum atomic E-state index is 12.3. The van der Waals surface area contributed by atoms with Crippen LogP contribution in [0.4, 0.5) is 5.69 Å². The van der Waals surface area contributed by atoms with Crippen molar-refractivity contribution in [3.8, 4) is 0 Å². The van der Waals surface area contributed by atoms with Crippen molar-refractivity contribution in [2.45, 2.75) is 26.2 Å². The summed E-state index contributed by atoms with van der Waals surface area (Å²) >= 11 is 0. The predicted molar refractivity (Wildman–Crippen MR) is 74.8 cm³/mol. The fourth-order valence-electron chi connectivity index (χ4n) is 2.22. The number of pyridine rings is 1. The molecule has 0 aromatic carbocycles. The summed E-state index contributed by atoms with van der Waals surface area (Å²) in [5.41, 5.74) is 6.85. The minimum absolute atomic E-state index is 0. The van der Waals surface area contributed by atoms with E-state index < -0.39 is 0 Å². The van der Waals surface area contributed by atoms with Crippen molar-refractivity contribution in [1.82, 2.24) is 9.88 Å². The molecule has 1 fully saturated rings. The second kappa shape index (κ2) is 6.59. The number of carbonyl (C=O) groups is 1. The summed E-state index contributed by atoms with van der Waals surface area (Å²) in [5, 5.41) is 0. The van der Waals surface area contributed by atoms with E-state index in [-0.39, 0.29) is 18.3 Å². The molecule has 100 valence electrons. The first-order valence-corrected chi connectivity index (χ1v) is 6.17. The first-order valence-electron chi connectivity index (χ1n) is 6.17. The van der Waals surface area contributed by atoms with Gasteiger partial charge >= 0.3 is 0 Å². The number of nitrogens with zero attached hydrogens (tertiary/aromatic N) is 2. The number of nitrogens with two attached hydrogens (primary N) is 1. The molecule has 2 heterocycles. The Labute approximate surface area is 114 Å². The number of likely N-dealkylation sites (tertiary alicyclic amines) is 1. The monoisotopic (exact) mass is 269 g/mol. The first-order chi connectivity index (χ1) is 8.18. The second-order valence-electron chi connectivity index (χ2n) is 4.79. The molecule has 1 aliphatic rings. The van der Waals surface area contributed by atoms with Gasteiger partial charge in [-0.25, -0.2) is 0 Å². The van der Waals surface area contributed by atoms with E-state index in [1.807, 2.05) is 4.90 Å². The number of carbonyl (C=O) groups excluding carboxylic acids is 1. The highest BCUT2D eigenvalue weighted by atomic mass is 35.5. The first kappa shape index (κ1) is 14.8. The number of amides is 1. The molecule has 2 N–H and O–H groups in total. The second-order valence-corrected chi connectivity index (χ2v) is 4.79. The highest BCUT2D eigenvalue weighted by Crippen LogP contribution is 2.19. The van der Waals surface area contributed by atoms with Crippen LogP contribution < -0.4 is 5.73 Å². The Hall–Kier alpha value is -1.29. The van der Waals surface area contributed by atoms with Crippen LogP contribution in [0, 0.1) is 5.92 Å². The maximum absolute atomic E-state index is 12.3. The maximum Gasteiger partial charge on any atom is 0.257 e. The van der Waals surface area contributed by atoms with Gasteiger partial charge in [-0.05, 0) is 31.2 Å². The quantitative estimate of drug-likeness (QED) is 0.851. The Kier molecular flexibility index (Phi) is 5.41. The van der Waals surface area contributed by atoms with Crippen molar-refractivity contribution in [2.24, 2.45) is 5.92 Å². The molecule has 1 atom stereocenters. The lowest BCUT2D eigenvalue weighted by atomic mass is 10.0. The zero-order valence-corrected chi connectivity index (χ0v) is 11.4. The largest absolute Gasteiger partial charge is 0.398 e. The standard InChI is InChI=1S/C13H19N3O.ClH/c1-10-3-2-7-16(8-5-10)13(17)11-9-15-6-4-12(11)14;/h4,6,9-10H,2-3,5,7-8H2,1H3,(H2,14,15);1H. The van der Waals surface area contributed by atoms with Crippen LogP contribution in [0.5, 0.6) is 0 Å². The third-order valence-electron chi connectivity index (χ3n) is 3.39. The summed E-state index contributed by atoms with van der Waals surface area (Å²) in [7, 11) is 0. The third kappa shape index (κ3) is 3.35. The molecule has 18 heavy (non-hydrogen) atoms. The van der Waals surface area contributed by atoms with E-state index in [0.29, 0.717) is 17.2 Å². The van der Waals surface area contributed by atoms with Crippen LogP contribution in [0.1, 0.15) is 36.5 Å². The SMILES string of the molecule is CC1CCCN(C(=O)c2cnccc2N)CC1.Cl. The van der Waals surface area contributed by atoms with E-state index in [9.17, 15) is 4.79 Å². The van der Waals surface area contributed by atoms with Gasteiger partial charge in [-0.3, -0.25) is 9.78 Å². The van der Waals surface area contributed by atoms with E-state index in [2.05, 4.69) is 11.9 Å². The van der Waals surface area contributed by atoms with Gasteiger partial charge in [0.2, 0.25) is 0 Å². The van der Waals surface area contributed by atoms with Crippen LogP contribution in [-0.4, -0.2) is 28.9 Å². The molecule has 1 aromatic rings. The van der Waals surface area contributed by atoms with E-state index in [4.69, 9.17) is 5.73 Å². The molecule has 0 spiro atoms. The molecular weight excluding hydrogens is 250 g/mol. The van der Waals surface area contributed by atoms with Crippen LogP contribution in [0.25, 0.3) is 0 Å². The Morgan fingerprint density at radius 2 is 2.22 bits per heavy atom. The molecule has 1 amide bonds. The zero-order chi connectivity index (χ0) is 12.3. The van der Waals surface area contributed by atoms with Crippen LogP contribution in [0.15, 0.2) is 18.5 Å². The van der Waals surface area contributed by atoms with E-state index in [1.165, 1.54) is 6.42 Å². The summed E-state index contributed by atoms with van der Waals surface area (Å²) < 4.78 is 0. The van der Waals surface area contributed by atoms with Gasteiger partial charge < -0.3 is 10.6 Å². The smallest absolute Gasteiger partial charge is 0.257 e. The molecule has 1 aliphatic heterocycles. The summed E-state index contributed by atoms with van der Waals surface area (Å²) in [6.45, 7) is 3.90. The minimum Gasteiger partial charge on any atom is -0.398 e. The van der Waals surface area contributed by atoms with E-state index in [1.54, 1.807) is 18.5 Å². The van der Waals surface area contributed by atoms with Crippen molar-refractivity contribution in [2.75, 3.05) is 18.8 Å². The number of nitrogen functional groups attached to an aromatic ring is 1. The van der Waals surface area contributed by atoms with Crippen molar-refractivity contribution in [3.05, 3.63) is 24.0 Å². The lowest BCUT2D eigenvalue weighted by Gasteiger charge is -2.20. The molecule has 5 heteroatoms. The van der Waals surface area contributed by atoms with Gasteiger partial charge in [0, 0.05) is 31.2 Å². The number of aromatic nitrogens is 1. The Morgan fingerprint density at radius 1 is 1.44 bits per heavy atom.